The number of nitrogens with zero attached hydrogens (tertiary/aromatic N) is 2. The number of piperidine rings is 1. The Morgan fingerprint density at radius 1 is 1.44 bits per heavy atom. The Morgan fingerprint density at radius 3 is 2.94 bits per heavy atom. The van der Waals surface area contributed by atoms with Gasteiger partial charge < -0.3 is 5.73 Å². The fourth-order valence-electron chi connectivity index (χ4n) is 2.48. The van der Waals surface area contributed by atoms with Crippen LogP contribution >= 0.6 is 23.2 Å². The summed E-state index contributed by atoms with van der Waals surface area (Å²) < 4.78 is 0. The topological polar surface area (TPSA) is 42.2 Å². The number of rotatable bonds is 3. The second-order valence-electron chi connectivity index (χ2n) is 4.92. The van der Waals surface area contributed by atoms with Gasteiger partial charge in [-0.15, -0.1) is 0 Å². The molecule has 2 unspecified atom stereocenters. The molecule has 0 spiro atoms. The summed E-state index contributed by atoms with van der Waals surface area (Å²) in [6.07, 6.45) is 2.16. The molecule has 1 aromatic heterocycles. The summed E-state index contributed by atoms with van der Waals surface area (Å²) in [5, 5.41) is 1.18. The number of hydrogen-bond donors (Lipinski definition) is 1. The lowest BCUT2D eigenvalue weighted by atomic mass is 9.90. The number of halogens is 2. The molecule has 2 N–H and O–H groups in total. The highest BCUT2D eigenvalue weighted by Crippen LogP contribution is 2.23. The lowest BCUT2D eigenvalue weighted by Gasteiger charge is -2.36. The molecule has 0 aromatic carbocycles. The molecule has 0 amide bonds. The molecule has 1 saturated heterocycles. The van der Waals surface area contributed by atoms with Gasteiger partial charge in [0.15, 0.2) is 0 Å². The molecule has 100 valence electrons. The van der Waals surface area contributed by atoms with Crippen molar-refractivity contribution in [3.63, 3.8) is 0 Å². The van der Waals surface area contributed by atoms with Crippen molar-refractivity contribution in [2.24, 2.45) is 11.7 Å². The molecule has 0 radical (unpaired) electrons. The molecule has 2 heterocycles. The number of nitrogens with two attached hydrogens (primary N) is 1. The van der Waals surface area contributed by atoms with Crippen LogP contribution in [-0.4, -0.2) is 29.0 Å². The van der Waals surface area contributed by atoms with Crippen molar-refractivity contribution in [2.45, 2.75) is 32.4 Å². The van der Waals surface area contributed by atoms with Gasteiger partial charge in [0, 0.05) is 25.7 Å². The predicted molar refractivity (Wildman–Crippen MR) is 75.9 cm³/mol. The van der Waals surface area contributed by atoms with Crippen LogP contribution in [-0.2, 0) is 6.54 Å². The van der Waals surface area contributed by atoms with Gasteiger partial charge in [0.2, 0.25) is 0 Å². The van der Waals surface area contributed by atoms with Crippen LogP contribution in [0.4, 0.5) is 0 Å². The minimum Gasteiger partial charge on any atom is -0.327 e. The van der Waals surface area contributed by atoms with E-state index in [0.717, 1.165) is 38.2 Å². The molecule has 2 atom stereocenters. The van der Waals surface area contributed by atoms with Crippen LogP contribution in [0.3, 0.4) is 0 Å². The molecule has 0 saturated carbocycles. The minimum absolute atomic E-state index is 0.328. The normalized spacial score (nSPS) is 25.3. The molecular weight excluding hydrogens is 269 g/mol. The van der Waals surface area contributed by atoms with Gasteiger partial charge in [0.05, 0.1) is 10.7 Å². The Hall–Kier alpha value is -0.350. The van der Waals surface area contributed by atoms with Crippen LogP contribution in [0.15, 0.2) is 12.1 Å². The van der Waals surface area contributed by atoms with Crippen LogP contribution in [0.5, 0.6) is 0 Å². The average Bonchev–Trinajstić information content (AvgIpc) is 2.36. The third-order valence-corrected chi connectivity index (χ3v) is 4.21. The summed E-state index contributed by atoms with van der Waals surface area (Å²) in [7, 11) is 0. The second-order valence-corrected chi connectivity index (χ2v) is 5.71. The van der Waals surface area contributed by atoms with Crippen molar-refractivity contribution >= 4 is 23.2 Å². The Bertz CT molecular complexity index is 411. The zero-order chi connectivity index (χ0) is 13.1. The molecular formula is C13H19Cl2N3. The number of likely N-dealkylation sites (tertiary alicyclic amines) is 1. The molecule has 3 nitrogen and oxygen atoms in total. The van der Waals surface area contributed by atoms with Gasteiger partial charge >= 0.3 is 0 Å². The monoisotopic (exact) mass is 287 g/mol. The average molecular weight is 288 g/mol. The van der Waals surface area contributed by atoms with Crippen molar-refractivity contribution in [3.05, 3.63) is 28.0 Å². The summed E-state index contributed by atoms with van der Waals surface area (Å²) in [4.78, 5) is 6.66. The zero-order valence-electron chi connectivity index (χ0n) is 10.6. The standard InChI is InChI=1S/C13H19Cl2N3/c1-2-9-7-18(6-5-11(9)16)8-12-10(14)3-4-13(15)17-12/h3-4,9,11H,2,5-8,16H2,1H3. The Morgan fingerprint density at radius 2 is 2.22 bits per heavy atom. The summed E-state index contributed by atoms with van der Waals surface area (Å²) >= 11 is 12.0. The molecule has 1 aliphatic heterocycles. The van der Waals surface area contributed by atoms with Crippen molar-refractivity contribution in [1.82, 2.24) is 9.88 Å². The Kier molecular flexibility index (Phi) is 4.84. The zero-order valence-corrected chi connectivity index (χ0v) is 12.1. The van der Waals surface area contributed by atoms with E-state index in [9.17, 15) is 0 Å². The summed E-state index contributed by atoms with van der Waals surface area (Å²) in [5.41, 5.74) is 6.97. The van der Waals surface area contributed by atoms with Gasteiger partial charge in [0.25, 0.3) is 0 Å². The van der Waals surface area contributed by atoms with Crippen LogP contribution in [0, 0.1) is 5.92 Å². The third kappa shape index (κ3) is 3.35. The first-order valence-corrected chi connectivity index (χ1v) is 7.14. The van der Waals surface area contributed by atoms with E-state index in [1.807, 2.05) is 0 Å². The molecule has 1 fully saturated rings. The first kappa shape index (κ1) is 14.1. The van der Waals surface area contributed by atoms with E-state index in [0.29, 0.717) is 22.1 Å². The lowest BCUT2D eigenvalue weighted by molar-refractivity contribution is 0.144. The van der Waals surface area contributed by atoms with Gasteiger partial charge in [-0.2, -0.15) is 0 Å². The second kappa shape index (κ2) is 6.20. The molecule has 0 aliphatic carbocycles. The first-order chi connectivity index (χ1) is 8.60. The van der Waals surface area contributed by atoms with Gasteiger partial charge in [-0.25, -0.2) is 4.98 Å². The highest BCUT2D eigenvalue weighted by atomic mass is 35.5. The molecule has 5 heteroatoms. The number of hydrogen-bond acceptors (Lipinski definition) is 3. The van der Waals surface area contributed by atoms with E-state index in [1.165, 1.54) is 0 Å². The van der Waals surface area contributed by atoms with E-state index < -0.39 is 0 Å². The van der Waals surface area contributed by atoms with Gasteiger partial charge in [-0.1, -0.05) is 36.5 Å². The maximum absolute atomic E-state index is 6.14. The molecule has 1 aromatic rings. The summed E-state index contributed by atoms with van der Waals surface area (Å²) in [6, 6.07) is 3.85. The SMILES string of the molecule is CCC1CN(Cc2nc(Cl)ccc2Cl)CCC1N. The van der Waals surface area contributed by atoms with Crippen molar-refractivity contribution in [1.29, 1.82) is 0 Å². The fourth-order valence-corrected chi connectivity index (χ4v) is 2.81. The highest BCUT2D eigenvalue weighted by Gasteiger charge is 2.25. The minimum atomic E-state index is 0.328. The molecule has 1 aliphatic rings. The van der Waals surface area contributed by atoms with Gasteiger partial charge in [0.1, 0.15) is 5.15 Å². The smallest absolute Gasteiger partial charge is 0.129 e. The van der Waals surface area contributed by atoms with E-state index >= 15 is 0 Å². The quantitative estimate of drug-likeness (QED) is 0.869. The summed E-state index contributed by atoms with van der Waals surface area (Å²) in [6.45, 7) is 4.96. The number of aromatic nitrogens is 1. The van der Waals surface area contributed by atoms with E-state index in [1.54, 1.807) is 12.1 Å². The van der Waals surface area contributed by atoms with Gasteiger partial charge in [-0.3, -0.25) is 4.90 Å². The molecule has 2 rings (SSSR count). The third-order valence-electron chi connectivity index (χ3n) is 3.66. The van der Waals surface area contributed by atoms with Crippen LogP contribution in [0.2, 0.25) is 10.2 Å². The highest BCUT2D eigenvalue weighted by molar-refractivity contribution is 6.32. The summed E-state index contributed by atoms with van der Waals surface area (Å²) in [5.74, 6) is 0.566. The molecule has 0 bridgehead atoms. The van der Waals surface area contributed by atoms with Crippen molar-refractivity contribution < 1.29 is 0 Å². The maximum Gasteiger partial charge on any atom is 0.129 e. The van der Waals surface area contributed by atoms with Crippen LogP contribution in [0.25, 0.3) is 0 Å². The largest absolute Gasteiger partial charge is 0.327 e. The lowest BCUT2D eigenvalue weighted by Crippen LogP contribution is -2.46. The van der Waals surface area contributed by atoms with Crippen LogP contribution in [0.1, 0.15) is 25.5 Å². The van der Waals surface area contributed by atoms with Crippen LogP contribution < -0.4 is 5.73 Å². The maximum atomic E-state index is 6.14. The van der Waals surface area contributed by atoms with Crippen molar-refractivity contribution in [2.75, 3.05) is 13.1 Å². The Labute approximate surface area is 118 Å². The van der Waals surface area contributed by atoms with E-state index in [4.69, 9.17) is 28.9 Å². The first-order valence-electron chi connectivity index (χ1n) is 6.39. The number of pyridine rings is 1. The van der Waals surface area contributed by atoms with E-state index in [-0.39, 0.29) is 0 Å². The molecule has 18 heavy (non-hydrogen) atoms. The van der Waals surface area contributed by atoms with E-state index in [2.05, 4.69) is 16.8 Å². The predicted octanol–water partition coefficient (Wildman–Crippen LogP) is 2.95. The van der Waals surface area contributed by atoms with Gasteiger partial charge in [-0.05, 0) is 24.5 Å². The Balaban J connectivity index is 2.03. The van der Waals surface area contributed by atoms with Crippen molar-refractivity contribution in [3.8, 4) is 0 Å². The fraction of sp³-hybridized carbons (Fsp3) is 0.615.